The van der Waals surface area contributed by atoms with Gasteiger partial charge >= 0.3 is 0 Å². The van der Waals surface area contributed by atoms with E-state index in [1.165, 1.54) is 13.8 Å². The van der Waals surface area contributed by atoms with Gasteiger partial charge in [0.05, 0.1) is 11.4 Å². The number of aromatic nitrogens is 2. The Bertz CT molecular complexity index is 687. The summed E-state index contributed by atoms with van der Waals surface area (Å²) in [4.78, 5) is 17.5. The molecule has 0 saturated carbocycles. The molecule has 0 aliphatic rings. The molecule has 0 aromatic carbocycles. The van der Waals surface area contributed by atoms with E-state index in [0.29, 0.717) is 22.0 Å². The lowest BCUT2D eigenvalue weighted by Crippen LogP contribution is -2.10. The Labute approximate surface area is 160 Å². The van der Waals surface area contributed by atoms with E-state index in [4.69, 9.17) is 28.9 Å². The number of carbonyl (C=O) groups is 1. The van der Waals surface area contributed by atoms with Crippen molar-refractivity contribution < 1.29 is 4.79 Å². The Morgan fingerprint density at radius 3 is 1.80 bits per heavy atom. The van der Waals surface area contributed by atoms with E-state index in [1.54, 1.807) is 6.07 Å². The number of nitrogens with zero attached hydrogens (tertiary/aromatic N) is 2. The number of anilines is 2. The van der Waals surface area contributed by atoms with Gasteiger partial charge < -0.3 is 15.8 Å². The summed E-state index contributed by atoms with van der Waals surface area (Å²) in [5, 5.41) is 4.14. The first-order chi connectivity index (χ1) is 11.5. The van der Waals surface area contributed by atoms with Crippen molar-refractivity contribution in [3.63, 3.8) is 0 Å². The number of pyridine rings is 2. The predicted octanol–water partition coefficient (Wildman–Crippen LogP) is 5.08. The van der Waals surface area contributed by atoms with E-state index in [1.807, 2.05) is 32.0 Å². The normalized spacial score (nSPS) is 9.48. The maximum absolute atomic E-state index is 9.44. The molecule has 2 heterocycles. The number of nitrogens with one attached hydrogen (secondary N) is 1. The summed E-state index contributed by atoms with van der Waals surface area (Å²) in [5.74, 6) is 0.167. The van der Waals surface area contributed by atoms with Crippen molar-refractivity contribution in [2.24, 2.45) is 0 Å². The molecule has 5 nitrogen and oxygen atoms in total. The Morgan fingerprint density at radius 2 is 1.44 bits per heavy atom. The van der Waals surface area contributed by atoms with Crippen molar-refractivity contribution in [1.29, 1.82) is 0 Å². The van der Waals surface area contributed by atoms with Gasteiger partial charge in [-0.3, -0.25) is 0 Å². The fraction of sp³-hybridized carbons (Fsp3) is 0.389. The van der Waals surface area contributed by atoms with Gasteiger partial charge in [0, 0.05) is 17.4 Å². The Hall–Kier alpha value is -1.85. The minimum atomic E-state index is 0.167. The molecule has 7 heteroatoms. The minimum absolute atomic E-state index is 0.167. The van der Waals surface area contributed by atoms with Crippen LogP contribution in [0, 0.1) is 13.8 Å². The van der Waals surface area contributed by atoms with Crippen molar-refractivity contribution in [3.05, 3.63) is 46.0 Å². The van der Waals surface area contributed by atoms with Crippen LogP contribution in [0.1, 0.15) is 39.1 Å². The van der Waals surface area contributed by atoms with Crippen LogP contribution in [0.3, 0.4) is 0 Å². The van der Waals surface area contributed by atoms with Crippen molar-refractivity contribution in [2.45, 2.75) is 47.6 Å². The van der Waals surface area contributed by atoms with Crippen LogP contribution in [0.15, 0.2) is 24.3 Å². The van der Waals surface area contributed by atoms with E-state index in [0.717, 1.165) is 17.1 Å². The summed E-state index contributed by atoms with van der Waals surface area (Å²) in [5.41, 5.74) is 8.65. The summed E-state index contributed by atoms with van der Waals surface area (Å²) >= 11 is 11.5. The third-order valence-electron chi connectivity index (χ3n) is 2.45. The fourth-order valence-electron chi connectivity index (χ4n) is 1.48. The molecule has 0 aliphatic carbocycles. The maximum Gasteiger partial charge on any atom is 0.152 e. The largest absolute Gasteiger partial charge is 0.396 e. The van der Waals surface area contributed by atoms with Gasteiger partial charge in [0.25, 0.3) is 0 Å². The van der Waals surface area contributed by atoms with Crippen LogP contribution in [0.2, 0.25) is 10.3 Å². The van der Waals surface area contributed by atoms with Gasteiger partial charge in [0.2, 0.25) is 0 Å². The molecule has 0 aliphatic heterocycles. The molecule has 0 radical (unpaired) electrons. The highest BCUT2D eigenvalue weighted by Crippen LogP contribution is 2.19. The second-order valence-electron chi connectivity index (χ2n) is 5.83. The summed E-state index contributed by atoms with van der Waals surface area (Å²) in [6.07, 6.45) is 0. The SMILES string of the molecule is CC(C)=O.Cc1ccc(N)c(Cl)n1.Cc1ccc(NC(C)C)c(Cl)n1. The molecule has 2 rings (SSSR count). The zero-order valence-corrected chi connectivity index (χ0v) is 17.0. The number of nitrogen functional groups attached to an aromatic ring is 1. The lowest BCUT2D eigenvalue weighted by Gasteiger charge is -2.10. The first-order valence-corrected chi connectivity index (χ1v) is 8.54. The van der Waals surface area contributed by atoms with Gasteiger partial charge in [0.15, 0.2) is 10.3 Å². The highest BCUT2D eigenvalue weighted by Gasteiger charge is 2.01. The van der Waals surface area contributed by atoms with Gasteiger partial charge in [-0.2, -0.15) is 0 Å². The van der Waals surface area contributed by atoms with Crippen LogP contribution in [0.25, 0.3) is 0 Å². The number of carbonyl (C=O) groups excluding carboxylic acids is 1. The molecule has 0 unspecified atom stereocenters. The molecule has 25 heavy (non-hydrogen) atoms. The molecule has 0 atom stereocenters. The summed E-state index contributed by atoms with van der Waals surface area (Å²) in [6, 6.07) is 7.83. The molecule has 138 valence electrons. The third kappa shape index (κ3) is 11.3. The Balaban J connectivity index is 0.000000391. The molecule has 0 spiro atoms. The van der Waals surface area contributed by atoms with E-state index >= 15 is 0 Å². The van der Waals surface area contributed by atoms with Crippen LogP contribution in [0.4, 0.5) is 11.4 Å². The van der Waals surface area contributed by atoms with Gasteiger partial charge in [-0.1, -0.05) is 23.2 Å². The molecule has 0 saturated heterocycles. The van der Waals surface area contributed by atoms with Gasteiger partial charge in [-0.05, 0) is 65.8 Å². The number of hydrogen-bond donors (Lipinski definition) is 2. The number of hydrogen-bond acceptors (Lipinski definition) is 5. The Morgan fingerprint density at radius 1 is 1.00 bits per heavy atom. The second kappa shape index (κ2) is 11.7. The van der Waals surface area contributed by atoms with Crippen LogP contribution in [-0.4, -0.2) is 21.8 Å². The first-order valence-electron chi connectivity index (χ1n) is 7.78. The summed E-state index contributed by atoms with van der Waals surface area (Å²) < 4.78 is 0. The van der Waals surface area contributed by atoms with Crippen molar-refractivity contribution in [2.75, 3.05) is 11.1 Å². The van der Waals surface area contributed by atoms with Crippen molar-refractivity contribution in [1.82, 2.24) is 9.97 Å². The molecule has 2 aromatic rings. The van der Waals surface area contributed by atoms with Crippen molar-refractivity contribution >= 4 is 40.4 Å². The van der Waals surface area contributed by atoms with Crippen LogP contribution < -0.4 is 11.1 Å². The molecule has 0 bridgehead atoms. The lowest BCUT2D eigenvalue weighted by molar-refractivity contribution is -0.114. The average molecular weight is 385 g/mol. The lowest BCUT2D eigenvalue weighted by atomic mass is 10.3. The smallest absolute Gasteiger partial charge is 0.152 e. The molecular weight excluding hydrogens is 359 g/mol. The number of nitrogens with two attached hydrogens (primary N) is 1. The molecule has 3 N–H and O–H groups in total. The summed E-state index contributed by atoms with van der Waals surface area (Å²) in [7, 11) is 0. The standard InChI is InChI=1S/C9H13ClN2.C6H7ClN2.C3H6O/c1-6(2)11-8-5-4-7(3)12-9(8)10;1-4-2-3-5(8)6(7)9-4;1-3(2)4/h4-6,11H,1-3H3;2-3H,8H2,1H3;1-2H3. The minimum Gasteiger partial charge on any atom is -0.396 e. The van der Waals surface area contributed by atoms with E-state index in [9.17, 15) is 4.79 Å². The highest BCUT2D eigenvalue weighted by molar-refractivity contribution is 6.32. The predicted molar refractivity (Wildman–Crippen MR) is 107 cm³/mol. The summed E-state index contributed by atoms with van der Waals surface area (Å²) in [6.45, 7) is 11.0. The molecular formula is C18H26Cl2N4O. The number of aryl methyl sites for hydroxylation is 2. The fourth-order valence-corrected chi connectivity index (χ4v) is 1.93. The number of Topliss-reactive ketones (excluding diaryl/α,β-unsaturated/α-hetero) is 1. The van der Waals surface area contributed by atoms with Crippen LogP contribution in [0.5, 0.6) is 0 Å². The van der Waals surface area contributed by atoms with Gasteiger partial charge in [-0.15, -0.1) is 0 Å². The quantitative estimate of drug-likeness (QED) is 0.705. The second-order valence-corrected chi connectivity index (χ2v) is 6.55. The number of halogens is 2. The van der Waals surface area contributed by atoms with E-state index in [2.05, 4.69) is 29.1 Å². The molecule has 0 amide bonds. The maximum atomic E-state index is 9.44. The third-order valence-corrected chi connectivity index (χ3v) is 3.04. The molecule has 0 fully saturated rings. The monoisotopic (exact) mass is 384 g/mol. The van der Waals surface area contributed by atoms with Crippen LogP contribution >= 0.6 is 23.2 Å². The van der Waals surface area contributed by atoms with E-state index in [-0.39, 0.29) is 5.78 Å². The number of rotatable bonds is 2. The zero-order valence-electron chi connectivity index (χ0n) is 15.5. The first kappa shape index (κ1) is 23.1. The number of ketones is 1. The van der Waals surface area contributed by atoms with Crippen LogP contribution in [-0.2, 0) is 4.79 Å². The van der Waals surface area contributed by atoms with Gasteiger partial charge in [0.1, 0.15) is 5.78 Å². The average Bonchev–Trinajstić information content (AvgIpc) is 2.46. The Kier molecular flexibility index (Phi) is 10.8. The van der Waals surface area contributed by atoms with E-state index < -0.39 is 0 Å². The molecule has 2 aromatic heterocycles. The topological polar surface area (TPSA) is 80.9 Å². The van der Waals surface area contributed by atoms with Gasteiger partial charge in [-0.25, -0.2) is 9.97 Å². The highest BCUT2D eigenvalue weighted by atomic mass is 35.5. The zero-order chi connectivity index (χ0) is 19.6. The van der Waals surface area contributed by atoms with Crippen molar-refractivity contribution in [3.8, 4) is 0 Å².